The van der Waals surface area contributed by atoms with Gasteiger partial charge in [-0.1, -0.05) is 0 Å². The molecule has 2 aliphatic heterocycles. The molecule has 1 spiro atoms. The molecule has 0 saturated carbocycles. The van der Waals surface area contributed by atoms with Crippen LogP contribution in [0, 0.1) is 0 Å². The normalized spacial score (nSPS) is 22.0. The molecule has 0 unspecified atom stereocenters. The van der Waals surface area contributed by atoms with Gasteiger partial charge >= 0.3 is 5.97 Å². The van der Waals surface area contributed by atoms with Crippen LogP contribution in [0.3, 0.4) is 0 Å². The van der Waals surface area contributed by atoms with Gasteiger partial charge in [-0.15, -0.1) is 0 Å². The van der Waals surface area contributed by atoms with E-state index in [4.69, 9.17) is 9.84 Å². The van der Waals surface area contributed by atoms with Crippen LogP contribution < -0.4 is 5.32 Å². The minimum Gasteiger partial charge on any atom is -0.478 e. The zero-order valence-electron chi connectivity index (χ0n) is 12.0. The molecule has 0 aromatic heterocycles. The van der Waals surface area contributed by atoms with Crippen molar-refractivity contribution >= 4 is 16.0 Å². The maximum Gasteiger partial charge on any atom is 0.335 e. The first-order valence-corrected chi connectivity index (χ1v) is 8.61. The van der Waals surface area contributed by atoms with Crippen LogP contribution in [0.1, 0.15) is 23.2 Å². The Morgan fingerprint density at radius 2 is 1.86 bits per heavy atom. The van der Waals surface area contributed by atoms with Crippen molar-refractivity contribution in [3.63, 3.8) is 0 Å². The summed E-state index contributed by atoms with van der Waals surface area (Å²) in [5.41, 5.74) is -0.705. The summed E-state index contributed by atoms with van der Waals surface area (Å²) in [5.74, 6) is -1.08. The zero-order chi connectivity index (χ0) is 15.8. The number of carboxylic acids is 1. The number of rotatable bonds is 3. The van der Waals surface area contributed by atoms with Crippen LogP contribution in [0.2, 0.25) is 0 Å². The molecule has 1 aromatic carbocycles. The Morgan fingerprint density at radius 1 is 1.23 bits per heavy atom. The minimum absolute atomic E-state index is 0.0631. The number of carbonyl (C=O) groups is 1. The molecule has 3 rings (SSSR count). The third kappa shape index (κ3) is 2.52. The fourth-order valence-electron chi connectivity index (χ4n) is 3.04. The van der Waals surface area contributed by atoms with Crippen LogP contribution in [0.5, 0.6) is 0 Å². The smallest absolute Gasteiger partial charge is 0.335 e. The summed E-state index contributed by atoms with van der Waals surface area (Å²) in [4.78, 5) is 11.0. The highest BCUT2D eigenvalue weighted by Gasteiger charge is 2.49. The number of aromatic carboxylic acids is 1. The van der Waals surface area contributed by atoms with Gasteiger partial charge in [-0.2, -0.15) is 4.31 Å². The van der Waals surface area contributed by atoms with E-state index in [-0.39, 0.29) is 10.5 Å². The maximum absolute atomic E-state index is 12.9. The molecule has 2 N–H and O–H groups in total. The highest BCUT2D eigenvalue weighted by Crippen LogP contribution is 2.36. The second-order valence-corrected chi connectivity index (χ2v) is 7.31. The number of sulfonamides is 1. The van der Waals surface area contributed by atoms with Crippen LogP contribution in [0.15, 0.2) is 29.2 Å². The molecule has 0 amide bonds. The van der Waals surface area contributed by atoms with Gasteiger partial charge in [0.25, 0.3) is 0 Å². The van der Waals surface area contributed by atoms with Gasteiger partial charge in [-0.25, -0.2) is 13.2 Å². The Hall–Kier alpha value is -1.48. The first-order chi connectivity index (χ1) is 10.5. The van der Waals surface area contributed by atoms with E-state index < -0.39 is 21.7 Å². The average Bonchev–Trinajstić information content (AvgIpc) is 2.92. The van der Waals surface area contributed by atoms with Crippen LogP contribution in [-0.4, -0.2) is 55.8 Å². The fourth-order valence-corrected chi connectivity index (χ4v) is 4.76. The summed E-state index contributed by atoms with van der Waals surface area (Å²) in [6.07, 6.45) is 1.22. The number of nitrogens with one attached hydrogen (secondary N) is 1. The lowest BCUT2D eigenvalue weighted by Crippen LogP contribution is -2.53. The quantitative estimate of drug-likeness (QED) is 0.839. The predicted molar refractivity (Wildman–Crippen MR) is 78.1 cm³/mol. The van der Waals surface area contributed by atoms with Gasteiger partial charge in [0.15, 0.2) is 0 Å². The van der Waals surface area contributed by atoms with E-state index in [1.54, 1.807) is 0 Å². The molecule has 7 nitrogen and oxygen atoms in total. The third-order valence-corrected chi connectivity index (χ3v) is 6.16. The van der Waals surface area contributed by atoms with Crippen molar-refractivity contribution in [3.8, 4) is 0 Å². The Bertz CT molecular complexity index is 665. The monoisotopic (exact) mass is 326 g/mol. The maximum atomic E-state index is 12.9. The number of piperidine rings is 1. The van der Waals surface area contributed by atoms with E-state index in [0.29, 0.717) is 39.1 Å². The van der Waals surface area contributed by atoms with Crippen molar-refractivity contribution in [1.82, 2.24) is 9.62 Å². The summed E-state index contributed by atoms with van der Waals surface area (Å²) in [6.45, 7) is 2.13. The molecule has 2 fully saturated rings. The SMILES string of the molecule is O=C(O)c1ccc(S(=O)(=O)N2CCOC23CCNCC3)cc1. The molecule has 0 aliphatic carbocycles. The van der Waals surface area contributed by atoms with Crippen LogP contribution in [0.25, 0.3) is 0 Å². The third-order valence-electron chi connectivity index (χ3n) is 4.19. The second-order valence-electron chi connectivity index (χ2n) is 5.45. The minimum atomic E-state index is -3.70. The lowest BCUT2D eigenvalue weighted by molar-refractivity contribution is -0.0704. The molecule has 0 radical (unpaired) electrons. The van der Waals surface area contributed by atoms with Gasteiger partial charge in [0.2, 0.25) is 10.0 Å². The first kappa shape index (κ1) is 15.4. The van der Waals surface area contributed by atoms with Crippen molar-refractivity contribution in [3.05, 3.63) is 29.8 Å². The van der Waals surface area contributed by atoms with Crippen molar-refractivity contribution in [2.75, 3.05) is 26.2 Å². The highest BCUT2D eigenvalue weighted by atomic mass is 32.2. The second kappa shape index (κ2) is 5.62. The topological polar surface area (TPSA) is 95.9 Å². The van der Waals surface area contributed by atoms with Crippen LogP contribution >= 0.6 is 0 Å². The fraction of sp³-hybridized carbons (Fsp3) is 0.500. The van der Waals surface area contributed by atoms with E-state index in [1.807, 2.05) is 0 Å². The highest BCUT2D eigenvalue weighted by molar-refractivity contribution is 7.89. The number of nitrogens with zero attached hydrogens (tertiary/aromatic N) is 1. The molecule has 0 bridgehead atoms. The molecule has 2 saturated heterocycles. The number of benzene rings is 1. The lowest BCUT2D eigenvalue weighted by Gasteiger charge is -2.39. The van der Waals surface area contributed by atoms with Gasteiger partial charge < -0.3 is 15.2 Å². The Kier molecular flexibility index (Phi) is 3.94. The summed E-state index contributed by atoms with van der Waals surface area (Å²) in [6, 6.07) is 5.29. The van der Waals surface area contributed by atoms with Crippen LogP contribution in [-0.2, 0) is 14.8 Å². The predicted octanol–water partition coefficient (Wildman–Crippen LogP) is 0.485. The summed E-state index contributed by atoms with van der Waals surface area (Å²) in [5, 5.41) is 12.1. The van der Waals surface area contributed by atoms with E-state index in [1.165, 1.54) is 28.6 Å². The summed E-state index contributed by atoms with van der Waals surface area (Å²) in [7, 11) is -3.70. The van der Waals surface area contributed by atoms with E-state index in [2.05, 4.69) is 5.32 Å². The Balaban J connectivity index is 1.93. The van der Waals surface area contributed by atoms with Gasteiger partial charge in [-0.05, 0) is 37.4 Å². The molecule has 2 heterocycles. The van der Waals surface area contributed by atoms with Crippen LogP contribution in [0.4, 0.5) is 0 Å². The van der Waals surface area contributed by atoms with Gasteiger partial charge in [-0.3, -0.25) is 0 Å². The number of ether oxygens (including phenoxy) is 1. The zero-order valence-corrected chi connectivity index (χ0v) is 12.8. The first-order valence-electron chi connectivity index (χ1n) is 7.17. The van der Waals surface area contributed by atoms with Gasteiger partial charge in [0.1, 0.15) is 5.72 Å². The van der Waals surface area contributed by atoms with Crippen molar-refractivity contribution < 1.29 is 23.1 Å². The molecule has 22 heavy (non-hydrogen) atoms. The Labute approximate surface area is 128 Å². The molecule has 0 atom stereocenters. The largest absolute Gasteiger partial charge is 0.478 e. The van der Waals surface area contributed by atoms with E-state index in [9.17, 15) is 13.2 Å². The van der Waals surface area contributed by atoms with Crippen molar-refractivity contribution in [1.29, 1.82) is 0 Å². The Morgan fingerprint density at radius 3 is 2.45 bits per heavy atom. The standard InChI is InChI=1S/C14H18N2O5S/c17-13(18)11-1-3-12(4-2-11)22(19,20)16-9-10-21-14(16)5-7-15-8-6-14/h1-4,15H,5-10H2,(H,17,18). The van der Waals surface area contributed by atoms with E-state index in [0.717, 1.165) is 0 Å². The van der Waals surface area contributed by atoms with E-state index >= 15 is 0 Å². The molecule has 2 aliphatic rings. The molecular formula is C14H18N2O5S. The molecular weight excluding hydrogens is 308 g/mol. The summed E-state index contributed by atoms with van der Waals surface area (Å²) < 4.78 is 32.9. The molecule has 8 heteroatoms. The molecule has 1 aromatic rings. The number of carboxylic acid groups (broad SMARTS) is 1. The van der Waals surface area contributed by atoms with Gasteiger partial charge in [0.05, 0.1) is 17.1 Å². The number of hydrogen-bond donors (Lipinski definition) is 2. The van der Waals surface area contributed by atoms with Crippen molar-refractivity contribution in [2.45, 2.75) is 23.5 Å². The molecule has 120 valence electrons. The number of hydrogen-bond acceptors (Lipinski definition) is 5. The van der Waals surface area contributed by atoms with Gasteiger partial charge in [0, 0.05) is 19.4 Å². The van der Waals surface area contributed by atoms with Crippen molar-refractivity contribution in [2.24, 2.45) is 0 Å². The summed E-state index contributed by atoms with van der Waals surface area (Å²) >= 11 is 0. The lowest BCUT2D eigenvalue weighted by atomic mass is 10.0. The average molecular weight is 326 g/mol.